The number of carbonyl (C=O) groups is 2. The number of halogens is 7. The number of aromatic nitrogens is 1. The van der Waals surface area contributed by atoms with E-state index in [-0.39, 0.29) is 43.2 Å². The van der Waals surface area contributed by atoms with E-state index in [4.69, 9.17) is 4.74 Å². The van der Waals surface area contributed by atoms with Gasteiger partial charge < -0.3 is 20.1 Å². The van der Waals surface area contributed by atoms with Crippen molar-refractivity contribution >= 4 is 11.8 Å². The number of nitrogens with zero attached hydrogens (tertiary/aromatic N) is 1. The maximum absolute atomic E-state index is 15.5. The minimum absolute atomic E-state index is 0.178. The smallest absolute Gasteiger partial charge is 0.416 e. The number of nitrogens with one attached hydrogen (secondary N) is 3. The molecule has 0 saturated carbocycles. The molecule has 1 fully saturated rings. The highest BCUT2D eigenvalue weighted by Crippen LogP contribution is 2.38. The monoisotopic (exact) mass is 580 g/mol. The molecule has 1 aliphatic rings. The molecule has 1 saturated heterocycles. The summed E-state index contributed by atoms with van der Waals surface area (Å²) in [6.07, 6.45) is -9.98. The summed E-state index contributed by atoms with van der Waals surface area (Å²) in [5, 5.41) is 7.58. The van der Waals surface area contributed by atoms with E-state index in [1.165, 1.54) is 18.3 Å². The fourth-order valence-corrected chi connectivity index (χ4v) is 3.83. The van der Waals surface area contributed by atoms with E-state index in [2.05, 4.69) is 25.7 Å². The SMILES string of the molecule is CC(C)C(=O)NCc1ccc(C(F)(F)F)c(C2NC(=O)CC(c3ccc(OCCOCC(F)(F)F)cn3)N2)c1F. The molecule has 1 aromatic heterocycles. The van der Waals surface area contributed by atoms with Gasteiger partial charge in [-0.15, -0.1) is 0 Å². The first-order chi connectivity index (χ1) is 18.7. The van der Waals surface area contributed by atoms with E-state index in [1.807, 2.05) is 0 Å². The van der Waals surface area contributed by atoms with Crippen molar-refractivity contribution in [2.75, 3.05) is 19.8 Å². The second kappa shape index (κ2) is 12.8. The number of ether oxygens (including phenoxy) is 2. The lowest BCUT2D eigenvalue weighted by atomic mass is 9.96. The number of pyridine rings is 1. The third-order valence-corrected chi connectivity index (χ3v) is 5.77. The number of carbonyl (C=O) groups excluding carboxylic acids is 2. The average Bonchev–Trinajstić information content (AvgIpc) is 2.86. The minimum atomic E-state index is -4.95. The molecular formula is C25H27F7N4O4. The molecule has 15 heteroatoms. The highest BCUT2D eigenvalue weighted by atomic mass is 19.4. The Morgan fingerprint density at radius 2 is 1.85 bits per heavy atom. The zero-order chi connectivity index (χ0) is 29.7. The van der Waals surface area contributed by atoms with Crippen molar-refractivity contribution in [3.8, 4) is 5.75 Å². The predicted octanol–water partition coefficient (Wildman–Crippen LogP) is 4.32. The van der Waals surface area contributed by atoms with Crippen molar-refractivity contribution in [2.24, 2.45) is 5.92 Å². The Morgan fingerprint density at radius 3 is 2.45 bits per heavy atom. The van der Waals surface area contributed by atoms with Crippen molar-refractivity contribution in [1.82, 2.24) is 20.9 Å². The summed E-state index contributed by atoms with van der Waals surface area (Å²) >= 11 is 0. The molecule has 8 nitrogen and oxygen atoms in total. The van der Waals surface area contributed by atoms with Crippen LogP contribution in [0.4, 0.5) is 30.7 Å². The van der Waals surface area contributed by atoms with Crippen LogP contribution in [0.2, 0.25) is 0 Å². The predicted molar refractivity (Wildman–Crippen MR) is 126 cm³/mol. The highest BCUT2D eigenvalue weighted by molar-refractivity contribution is 5.78. The van der Waals surface area contributed by atoms with Crippen LogP contribution >= 0.6 is 0 Å². The van der Waals surface area contributed by atoms with E-state index in [0.29, 0.717) is 6.07 Å². The van der Waals surface area contributed by atoms with Gasteiger partial charge in [-0.3, -0.25) is 19.9 Å². The molecule has 1 aliphatic heterocycles. The van der Waals surface area contributed by atoms with Crippen LogP contribution < -0.4 is 20.7 Å². The van der Waals surface area contributed by atoms with Crippen LogP contribution in [-0.2, 0) is 27.0 Å². The standard InChI is InChI=1S/C25H27F7N4O4/c1-13(2)23(38)34-10-14-3-5-16(25(30,31)32)20(21(14)26)22-35-18(9-19(37)36-22)17-6-4-15(11-33-17)40-8-7-39-12-24(27,28)29/h3-6,11,13,18,22,35H,7-10,12H2,1-2H3,(H,34,38)(H,36,37). The molecular weight excluding hydrogens is 553 g/mol. The first-order valence-electron chi connectivity index (χ1n) is 12.1. The molecule has 2 unspecified atom stereocenters. The maximum atomic E-state index is 15.5. The first-order valence-corrected chi connectivity index (χ1v) is 12.1. The molecule has 2 atom stereocenters. The van der Waals surface area contributed by atoms with E-state index in [1.54, 1.807) is 13.8 Å². The minimum Gasteiger partial charge on any atom is -0.490 e. The van der Waals surface area contributed by atoms with Gasteiger partial charge in [0.1, 0.15) is 30.9 Å². The number of hydrogen-bond acceptors (Lipinski definition) is 6. The van der Waals surface area contributed by atoms with Gasteiger partial charge in [0.05, 0.1) is 30.1 Å². The summed E-state index contributed by atoms with van der Waals surface area (Å²) in [5.74, 6) is -2.57. The highest BCUT2D eigenvalue weighted by Gasteiger charge is 2.40. The zero-order valence-electron chi connectivity index (χ0n) is 21.4. The molecule has 2 aromatic rings. The van der Waals surface area contributed by atoms with Crippen molar-refractivity contribution in [1.29, 1.82) is 0 Å². The van der Waals surface area contributed by atoms with Crippen molar-refractivity contribution in [3.63, 3.8) is 0 Å². The number of amides is 2. The van der Waals surface area contributed by atoms with Gasteiger partial charge in [0, 0.05) is 30.0 Å². The molecule has 1 aromatic carbocycles. The van der Waals surface area contributed by atoms with Gasteiger partial charge in [0.2, 0.25) is 11.8 Å². The average molecular weight is 581 g/mol. The van der Waals surface area contributed by atoms with E-state index < -0.39 is 65.8 Å². The lowest BCUT2D eigenvalue weighted by molar-refractivity contribution is -0.175. The molecule has 220 valence electrons. The van der Waals surface area contributed by atoms with Crippen LogP contribution in [0, 0.1) is 11.7 Å². The molecule has 0 aliphatic carbocycles. The Balaban J connectivity index is 1.77. The Bertz CT molecular complexity index is 1190. The van der Waals surface area contributed by atoms with E-state index >= 15 is 4.39 Å². The summed E-state index contributed by atoms with van der Waals surface area (Å²) in [5.41, 5.74) is -2.10. The molecule has 0 bridgehead atoms. The third-order valence-electron chi connectivity index (χ3n) is 5.77. The van der Waals surface area contributed by atoms with Gasteiger partial charge >= 0.3 is 12.4 Å². The summed E-state index contributed by atoms with van der Waals surface area (Å²) in [4.78, 5) is 28.5. The zero-order valence-corrected chi connectivity index (χ0v) is 21.4. The summed E-state index contributed by atoms with van der Waals surface area (Å²) in [6, 6.07) is 3.54. The molecule has 40 heavy (non-hydrogen) atoms. The van der Waals surface area contributed by atoms with Crippen LogP contribution in [0.25, 0.3) is 0 Å². The third kappa shape index (κ3) is 8.52. The second-order valence-corrected chi connectivity index (χ2v) is 9.23. The van der Waals surface area contributed by atoms with Crippen molar-refractivity contribution < 1.29 is 49.8 Å². The fraction of sp³-hybridized carbons (Fsp3) is 0.480. The molecule has 2 heterocycles. The number of alkyl halides is 6. The summed E-state index contributed by atoms with van der Waals surface area (Å²) < 4.78 is 103. The van der Waals surface area contributed by atoms with Crippen molar-refractivity contribution in [3.05, 3.63) is 58.7 Å². The number of hydrogen-bond donors (Lipinski definition) is 3. The molecule has 3 rings (SSSR count). The van der Waals surface area contributed by atoms with Crippen LogP contribution in [0.3, 0.4) is 0 Å². The lowest BCUT2D eigenvalue weighted by Gasteiger charge is -2.33. The summed E-state index contributed by atoms with van der Waals surface area (Å²) in [6.45, 7) is 0.895. The van der Waals surface area contributed by atoms with Crippen LogP contribution in [0.15, 0.2) is 30.5 Å². The Hall–Kier alpha value is -3.46. The lowest BCUT2D eigenvalue weighted by Crippen LogP contribution is -2.48. The second-order valence-electron chi connectivity index (χ2n) is 9.23. The largest absolute Gasteiger partial charge is 0.490 e. The Kier molecular flexibility index (Phi) is 9.95. The van der Waals surface area contributed by atoms with E-state index in [9.17, 15) is 35.9 Å². The topological polar surface area (TPSA) is 102 Å². The molecule has 2 amide bonds. The fourth-order valence-electron chi connectivity index (χ4n) is 3.83. The van der Waals surface area contributed by atoms with Crippen molar-refractivity contribution in [2.45, 2.75) is 51.4 Å². The van der Waals surface area contributed by atoms with Crippen LogP contribution in [-0.4, -0.2) is 42.8 Å². The maximum Gasteiger partial charge on any atom is 0.416 e. The Labute approximate surface area is 224 Å². The molecule has 0 spiro atoms. The van der Waals surface area contributed by atoms with Crippen LogP contribution in [0.5, 0.6) is 5.75 Å². The number of benzene rings is 1. The van der Waals surface area contributed by atoms with Gasteiger partial charge in [-0.05, 0) is 18.2 Å². The van der Waals surface area contributed by atoms with Crippen LogP contribution in [0.1, 0.15) is 54.9 Å². The van der Waals surface area contributed by atoms with Gasteiger partial charge in [0.15, 0.2) is 0 Å². The van der Waals surface area contributed by atoms with Gasteiger partial charge in [-0.1, -0.05) is 19.9 Å². The van der Waals surface area contributed by atoms with E-state index in [0.717, 1.165) is 6.07 Å². The number of rotatable bonds is 10. The van der Waals surface area contributed by atoms with Gasteiger partial charge in [-0.2, -0.15) is 26.3 Å². The molecule has 3 N–H and O–H groups in total. The van der Waals surface area contributed by atoms with Gasteiger partial charge in [-0.25, -0.2) is 4.39 Å². The van der Waals surface area contributed by atoms with Gasteiger partial charge in [0.25, 0.3) is 0 Å². The summed E-state index contributed by atoms with van der Waals surface area (Å²) in [7, 11) is 0. The molecule has 0 radical (unpaired) electrons. The normalized spacial score (nSPS) is 18.0. The first kappa shape index (κ1) is 31.1. The Morgan fingerprint density at radius 1 is 1.12 bits per heavy atom. The quantitative estimate of drug-likeness (QED) is 0.286.